The number of hydrogen-bond acceptors (Lipinski definition) is 5. The van der Waals surface area contributed by atoms with Gasteiger partial charge in [0.25, 0.3) is 0 Å². The van der Waals surface area contributed by atoms with Crippen molar-refractivity contribution >= 4 is 11.7 Å². The van der Waals surface area contributed by atoms with Crippen molar-refractivity contribution in [1.82, 2.24) is 0 Å². The minimum atomic E-state index is -0.377. The van der Waals surface area contributed by atoms with Gasteiger partial charge in [0.1, 0.15) is 18.3 Å². The smallest absolute Gasteiger partial charge is 0.310 e. The van der Waals surface area contributed by atoms with E-state index in [-0.39, 0.29) is 40.0 Å². The Labute approximate surface area is 165 Å². The number of fused-ring (bicyclic) bond motifs is 2. The van der Waals surface area contributed by atoms with Crippen LogP contribution in [0.1, 0.15) is 25.3 Å². The number of allylic oxidation sites excluding steroid dienone is 1. The summed E-state index contributed by atoms with van der Waals surface area (Å²) in [5, 5.41) is 13.9. The molecule has 150 valence electrons. The molecular weight excluding hydrogens is 356 g/mol. The standard InChI is InChI=1S/C22H28N2O4/c1-5-13-12-24(26)9-8-22-16-7-6-14(27-3)10-17(16)23(2)20(22)18(24)11-15(13)19(22)21(25)28-4/h5-7,10,15,18-20H,8-9,11-12H2,1-4H3. The lowest BCUT2D eigenvalue weighted by atomic mass is 9.50. The van der Waals surface area contributed by atoms with Crippen LogP contribution in [-0.2, 0) is 14.9 Å². The molecule has 3 heterocycles. The fourth-order valence-corrected chi connectivity index (χ4v) is 7.04. The molecule has 28 heavy (non-hydrogen) atoms. The third kappa shape index (κ3) is 1.93. The van der Waals surface area contributed by atoms with E-state index in [0.717, 1.165) is 23.4 Å². The molecule has 6 atom stereocenters. The van der Waals surface area contributed by atoms with E-state index in [0.29, 0.717) is 19.5 Å². The number of anilines is 1. The third-order valence-corrected chi connectivity index (χ3v) is 8.11. The molecule has 2 saturated heterocycles. The number of carbonyl (C=O) groups excluding carboxylic acids is 1. The van der Waals surface area contributed by atoms with E-state index in [2.05, 4.69) is 30.2 Å². The number of piperidine rings is 2. The molecule has 0 radical (unpaired) electrons. The summed E-state index contributed by atoms with van der Waals surface area (Å²) in [7, 11) is 5.22. The van der Waals surface area contributed by atoms with Crippen LogP contribution in [-0.4, -0.2) is 57.1 Å². The van der Waals surface area contributed by atoms with Gasteiger partial charge in [-0.25, -0.2) is 0 Å². The fraction of sp³-hybridized carbons (Fsp3) is 0.591. The Balaban J connectivity index is 1.78. The van der Waals surface area contributed by atoms with E-state index in [9.17, 15) is 10.0 Å². The van der Waals surface area contributed by atoms with Crippen molar-refractivity contribution in [2.45, 2.75) is 37.3 Å². The predicted octanol–water partition coefficient (Wildman–Crippen LogP) is 2.61. The van der Waals surface area contributed by atoms with Gasteiger partial charge < -0.3 is 24.2 Å². The van der Waals surface area contributed by atoms with E-state index >= 15 is 0 Å². The maximum Gasteiger partial charge on any atom is 0.310 e. The Kier molecular flexibility index (Phi) is 3.69. The summed E-state index contributed by atoms with van der Waals surface area (Å²) in [5.41, 5.74) is 3.01. The lowest BCUT2D eigenvalue weighted by Crippen LogP contribution is -2.77. The molecule has 1 aromatic carbocycles. The summed E-state index contributed by atoms with van der Waals surface area (Å²) in [6.45, 7) is 3.05. The highest BCUT2D eigenvalue weighted by molar-refractivity contribution is 5.80. The minimum absolute atomic E-state index is 0.0135. The second-order valence-electron chi connectivity index (χ2n) is 8.84. The number of hydroxylamine groups is 3. The Morgan fingerprint density at radius 1 is 1.39 bits per heavy atom. The lowest BCUT2D eigenvalue weighted by molar-refractivity contribution is -0.916. The topological polar surface area (TPSA) is 61.8 Å². The SMILES string of the molecule is CC=C1C[N+]2([O-])CCC34c5ccc(OC)cc5N(C)C3C2CC1C4C(=O)OC. The Morgan fingerprint density at radius 3 is 2.86 bits per heavy atom. The molecule has 1 saturated carbocycles. The van der Waals surface area contributed by atoms with E-state index < -0.39 is 0 Å². The average molecular weight is 384 g/mol. The van der Waals surface area contributed by atoms with Crippen molar-refractivity contribution in [2.75, 3.05) is 39.3 Å². The van der Waals surface area contributed by atoms with Crippen LogP contribution in [0.25, 0.3) is 0 Å². The maximum absolute atomic E-state index is 13.9. The van der Waals surface area contributed by atoms with Crippen molar-refractivity contribution in [1.29, 1.82) is 0 Å². The first-order valence-electron chi connectivity index (χ1n) is 10.1. The van der Waals surface area contributed by atoms with Gasteiger partial charge in [0.2, 0.25) is 0 Å². The van der Waals surface area contributed by atoms with Crippen LogP contribution in [0, 0.1) is 17.0 Å². The van der Waals surface area contributed by atoms with E-state index in [1.807, 2.05) is 13.0 Å². The van der Waals surface area contributed by atoms with Crippen molar-refractivity contribution in [3.05, 3.63) is 40.6 Å². The lowest BCUT2D eigenvalue weighted by Gasteiger charge is -2.68. The number of hydrogen-bond donors (Lipinski definition) is 0. The van der Waals surface area contributed by atoms with Gasteiger partial charge in [0.05, 0.1) is 32.7 Å². The van der Waals surface area contributed by atoms with Crippen molar-refractivity contribution < 1.29 is 18.9 Å². The highest BCUT2D eigenvalue weighted by atomic mass is 16.5. The number of nitrogens with zero attached hydrogens (tertiary/aromatic N) is 2. The molecule has 6 unspecified atom stereocenters. The molecule has 3 aliphatic heterocycles. The van der Waals surface area contributed by atoms with E-state index in [4.69, 9.17) is 9.47 Å². The summed E-state index contributed by atoms with van der Waals surface area (Å²) in [5.74, 6) is 0.489. The largest absolute Gasteiger partial charge is 0.632 e. The first-order chi connectivity index (χ1) is 13.4. The van der Waals surface area contributed by atoms with Gasteiger partial charge >= 0.3 is 5.97 Å². The number of ether oxygens (including phenoxy) is 2. The molecule has 4 aliphatic rings. The molecule has 3 fully saturated rings. The summed E-state index contributed by atoms with van der Waals surface area (Å²) >= 11 is 0. The molecule has 6 heteroatoms. The van der Waals surface area contributed by atoms with Gasteiger partial charge in [-0.05, 0) is 24.1 Å². The van der Waals surface area contributed by atoms with Crippen LogP contribution in [0.4, 0.5) is 5.69 Å². The Hall–Kier alpha value is -2.05. The second kappa shape index (κ2) is 5.74. The van der Waals surface area contributed by atoms with Gasteiger partial charge in [-0.15, -0.1) is 0 Å². The molecule has 0 amide bonds. The minimum Gasteiger partial charge on any atom is -0.632 e. The average Bonchev–Trinajstić information content (AvgIpc) is 2.97. The molecule has 0 N–H and O–H groups in total. The van der Waals surface area contributed by atoms with Gasteiger partial charge in [-0.3, -0.25) is 4.79 Å². The Bertz CT molecular complexity index is 883. The third-order valence-electron chi connectivity index (χ3n) is 8.11. The first kappa shape index (κ1) is 18.0. The van der Waals surface area contributed by atoms with Gasteiger partial charge in [0.15, 0.2) is 0 Å². The van der Waals surface area contributed by atoms with Gasteiger partial charge in [-0.2, -0.15) is 0 Å². The van der Waals surface area contributed by atoms with Crippen LogP contribution in [0.2, 0.25) is 0 Å². The highest BCUT2D eigenvalue weighted by Crippen LogP contribution is 2.65. The summed E-state index contributed by atoms with van der Waals surface area (Å²) in [6.07, 6.45) is 3.54. The normalized spacial score (nSPS) is 41.6. The van der Waals surface area contributed by atoms with Crippen molar-refractivity contribution in [2.24, 2.45) is 11.8 Å². The van der Waals surface area contributed by atoms with E-state index in [1.54, 1.807) is 7.11 Å². The summed E-state index contributed by atoms with van der Waals surface area (Å²) in [6, 6.07) is 6.13. The van der Waals surface area contributed by atoms with Crippen molar-refractivity contribution in [3.8, 4) is 5.75 Å². The van der Waals surface area contributed by atoms with Gasteiger partial charge in [-0.1, -0.05) is 12.1 Å². The number of methoxy groups -OCH3 is 2. The number of carbonyl (C=O) groups is 1. The summed E-state index contributed by atoms with van der Waals surface area (Å²) in [4.78, 5) is 15.4. The van der Waals surface area contributed by atoms with Crippen LogP contribution in [0.5, 0.6) is 5.75 Å². The number of quaternary nitrogens is 1. The zero-order valence-corrected chi connectivity index (χ0v) is 17.0. The fourth-order valence-electron chi connectivity index (χ4n) is 7.04. The predicted molar refractivity (Wildman–Crippen MR) is 106 cm³/mol. The second-order valence-corrected chi connectivity index (χ2v) is 8.84. The number of esters is 1. The summed E-state index contributed by atoms with van der Waals surface area (Å²) < 4.78 is 10.7. The molecule has 1 aliphatic carbocycles. The van der Waals surface area contributed by atoms with E-state index in [1.165, 1.54) is 12.7 Å². The number of likely N-dealkylation sites (N-methyl/N-ethyl adjacent to an activating group) is 1. The number of benzene rings is 1. The zero-order chi connectivity index (χ0) is 19.8. The van der Waals surface area contributed by atoms with Crippen LogP contribution in [0.3, 0.4) is 0 Å². The zero-order valence-electron chi connectivity index (χ0n) is 17.0. The van der Waals surface area contributed by atoms with Gasteiger partial charge in [0, 0.05) is 43.0 Å². The highest BCUT2D eigenvalue weighted by Gasteiger charge is 2.72. The molecule has 3 bridgehead atoms. The van der Waals surface area contributed by atoms with Crippen LogP contribution < -0.4 is 9.64 Å². The number of rotatable bonds is 2. The van der Waals surface area contributed by atoms with Crippen molar-refractivity contribution in [3.63, 3.8) is 0 Å². The quantitative estimate of drug-likeness (QED) is 0.339. The molecule has 5 rings (SSSR count). The van der Waals surface area contributed by atoms with Crippen LogP contribution >= 0.6 is 0 Å². The molecule has 0 aromatic heterocycles. The van der Waals surface area contributed by atoms with Crippen LogP contribution in [0.15, 0.2) is 29.8 Å². The first-order valence-corrected chi connectivity index (χ1v) is 10.1. The molecule has 0 spiro atoms. The monoisotopic (exact) mass is 384 g/mol. The maximum atomic E-state index is 13.9. The Morgan fingerprint density at radius 2 is 2.18 bits per heavy atom. The molecular formula is C22H28N2O4. The molecule has 1 aromatic rings. The molecule has 6 nitrogen and oxygen atoms in total.